The van der Waals surface area contributed by atoms with Crippen molar-refractivity contribution < 1.29 is 8.22 Å². The van der Waals surface area contributed by atoms with Crippen molar-refractivity contribution >= 4 is 14.1 Å². The molecule has 14 heavy (non-hydrogen) atoms. The van der Waals surface area contributed by atoms with Gasteiger partial charge in [0.1, 0.15) is 0 Å². The Hall–Kier alpha value is -0.743. The van der Waals surface area contributed by atoms with Gasteiger partial charge in [0.15, 0.2) is 0 Å². The first-order valence-corrected chi connectivity index (χ1v) is 6.29. The van der Waals surface area contributed by atoms with Crippen LogP contribution < -0.4 is 10.2 Å². The Balaban J connectivity index is 2.86. The second kappa shape index (κ2) is 3.79. The molecule has 1 aromatic rings. The van der Waals surface area contributed by atoms with Gasteiger partial charge in [0.25, 0.3) is 0 Å². The molecular weight excluding hydrogens is 200 g/mol. The summed E-state index contributed by atoms with van der Waals surface area (Å²) in [6.07, 6.45) is 0. The maximum Gasteiger partial charge on any atom is 0.538 e. The lowest BCUT2D eigenvalue weighted by atomic mass is 10.1. The molecule has 0 amide bonds. The van der Waals surface area contributed by atoms with Crippen molar-refractivity contribution in [2.45, 2.75) is 26.3 Å². The van der Waals surface area contributed by atoms with Gasteiger partial charge in [-0.05, 0) is 20.8 Å². The molecule has 1 aromatic carbocycles. The van der Waals surface area contributed by atoms with Crippen LogP contribution in [0.25, 0.3) is 0 Å². The molecule has 1 nitrogen and oxygen atoms in total. The zero-order chi connectivity index (χ0) is 10.8. The Morgan fingerprint density at radius 1 is 1.07 bits per heavy atom. The third-order valence-corrected chi connectivity index (χ3v) is 3.79. The molecule has 0 radical (unpaired) electrons. The second-order valence-electron chi connectivity index (χ2n) is 4.32. The fourth-order valence-corrected chi connectivity index (χ4v) is 2.89. The molecule has 0 heterocycles. The van der Waals surface area contributed by atoms with E-state index in [1.807, 2.05) is 0 Å². The van der Waals surface area contributed by atoms with E-state index in [4.69, 9.17) is 0 Å². The first-order valence-electron chi connectivity index (χ1n) is 4.54. The molecule has 0 aliphatic carbocycles. The van der Waals surface area contributed by atoms with Crippen LogP contribution in [0.1, 0.15) is 20.8 Å². The Labute approximate surface area is 84.6 Å². The van der Waals surface area contributed by atoms with Crippen LogP contribution in [0.5, 0.6) is 0 Å². The van der Waals surface area contributed by atoms with Crippen molar-refractivity contribution in [3.63, 3.8) is 0 Å². The highest BCUT2D eigenvalue weighted by Gasteiger charge is 2.41. The number of hydrogen-bond acceptors (Lipinski definition) is 1. The van der Waals surface area contributed by atoms with Gasteiger partial charge in [-0.1, -0.05) is 30.3 Å². The summed E-state index contributed by atoms with van der Waals surface area (Å²) in [5, 5.41) is 0.134. The molecule has 0 aromatic heterocycles. The van der Waals surface area contributed by atoms with Crippen LogP contribution in [-0.2, 0) is 0 Å². The maximum atomic E-state index is 13.7. The van der Waals surface area contributed by atoms with Crippen molar-refractivity contribution in [2.24, 2.45) is 0 Å². The summed E-state index contributed by atoms with van der Waals surface area (Å²) < 4.78 is 27.4. The van der Waals surface area contributed by atoms with Crippen LogP contribution >= 0.6 is 0 Å². The van der Waals surface area contributed by atoms with E-state index in [-0.39, 0.29) is 5.19 Å². The molecule has 78 valence electrons. The van der Waals surface area contributed by atoms with Crippen LogP contribution in [0.4, 0.5) is 8.22 Å². The Bertz CT molecular complexity index is 293. The average molecular weight is 215 g/mol. The fourth-order valence-electron chi connectivity index (χ4n) is 1.19. The smallest absolute Gasteiger partial charge is 0.279 e. The summed E-state index contributed by atoms with van der Waals surface area (Å²) in [5.41, 5.74) is -0.550. The van der Waals surface area contributed by atoms with Crippen molar-refractivity contribution in [2.75, 3.05) is 0 Å². The maximum absolute atomic E-state index is 13.7. The summed E-state index contributed by atoms with van der Waals surface area (Å²) in [4.78, 5) is 2.42. The second-order valence-corrected chi connectivity index (χ2v) is 6.29. The van der Waals surface area contributed by atoms with Crippen molar-refractivity contribution in [1.29, 1.82) is 0 Å². The van der Waals surface area contributed by atoms with Crippen molar-refractivity contribution in [3.8, 4) is 0 Å². The summed E-state index contributed by atoms with van der Waals surface area (Å²) in [5.74, 6) is 0. The molecule has 0 saturated carbocycles. The van der Waals surface area contributed by atoms with Crippen LogP contribution in [0, 0.1) is 0 Å². The molecule has 1 N–H and O–H groups in total. The lowest BCUT2D eigenvalue weighted by Crippen LogP contribution is -2.60. The van der Waals surface area contributed by atoms with E-state index < -0.39 is 14.4 Å². The quantitative estimate of drug-likeness (QED) is 0.589. The molecule has 1 rings (SSSR count). The van der Waals surface area contributed by atoms with Gasteiger partial charge >= 0.3 is 8.90 Å². The Morgan fingerprint density at radius 3 is 2.00 bits per heavy atom. The molecule has 4 heteroatoms. The molecule has 0 fully saturated rings. The molecule has 0 unspecified atom stereocenters. The van der Waals surface area contributed by atoms with Gasteiger partial charge in [-0.15, -0.1) is 0 Å². The Morgan fingerprint density at radius 2 is 1.57 bits per heavy atom. The lowest BCUT2D eigenvalue weighted by molar-refractivity contribution is 0.450. The normalized spacial score (nSPS) is 12.9. The van der Waals surface area contributed by atoms with Gasteiger partial charge in [0.2, 0.25) is 0 Å². The predicted molar refractivity (Wildman–Crippen MR) is 56.9 cm³/mol. The molecule has 0 saturated heterocycles. The number of rotatable bonds is 2. The third kappa shape index (κ3) is 3.19. The monoisotopic (exact) mass is 215 g/mol. The third-order valence-electron chi connectivity index (χ3n) is 1.67. The van der Waals surface area contributed by atoms with Gasteiger partial charge in [0, 0.05) is 10.7 Å². The number of nitrogens with one attached hydrogen (secondary N) is 1. The SMILES string of the molecule is CC(C)(C)N[Si](F)(F)c1ccccc1. The molecule has 0 bridgehead atoms. The summed E-state index contributed by atoms with van der Waals surface area (Å²) in [6.45, 7) is 5.24. The first-order chi connectivity index (χ1) is 6.31. The van der Waals surface area contributed by atoms with Crippen LogP contribution in [0.3, 0.4) is 0 Å². The standard InChI is InChI=1S/C10H15F2NSi/c1-10(2,3)13-14(11,12)9-7-5-4-6-8-9/h4-8,13H,1-3H3. The van der Waals surface area contributed by atoms with Gasteiger partial charge in [-0.3, -0.25) is 4.98 Å². The van der Waals surface area contributed by atoms with Gasteiger partial charge in [0.05, 0.1) is 0 Å². The first kappa shape index (κ1) is 11.3. The highest BCUT2D eigenvalue weighted by atomic mass is 28.4. The molecule has 0 spiro atoms. The van der Waals surface area contributed by atoms with E-state index in [2.05, 4.69) is 4.98 Å². The summed E-state index contributed by atoms with van der Waals surface area (Å²) in [7, 11) is -4.46. The molecule has 0 aliphatic heterocycles. The van der Waals surface area contributed by atoms with E-state index in [0.29, 0.717) is 0 Å². The van der Waals surface area contributed by atoms with Crippen molar-refractivity contribution in [3.05, 3.63) is 30.3 Å². The van der Waals surface area contributed by atoms with Gasteiger partial charge < -0.3 is 0 Å². The highest BCUT2D eigenvalue weighted by Crippen LogP contribution is 2.10. The minimum Gasteiger partial charge on any atom is -0.279 e. The van der Waals surface area contributed by atoms with Gasteiger partial charge in [-0.25, -0.2) is 8.22 Å². The minimum atomic E-state index is -4.46. The molecular formula is C10H15F2NSi. The van der Waals surface area contributed by atoms with E-state index in [1.165, 1.54) is 12.1 Å². The Kier molecular flexibility index (Phi) is 3.06. The average Bonchev–Trinajstić information content (AvgIpc) is 2.01. The van der Waals surface area contributed by atoms with Gasteiger partial charge in [-0.2, -0.15) is 0 Å². The predicted octanol–water partition coefficient (Wildman–Crippen LogP) is 2.16. The van der Waals surface area contributed by atoms with Crippen LogP contribution in [-0.4, -0.2) is 14.4 Å². The molecule has 0 aliphatic rings. The summed E-state index contributed by atoms with van der Waals surface area (Å²) >= 11 is 0. The summed E-state index contributed by atoms with van der Waals surface area (Å²) in [6, 6.07) is 7.97. The van der Waals surface area contributed by atoms with E-state index in [0.717, 1.165) is 0 Å². The highest BCUT2D eigenvalue weighted by molar-refractivity contribution is 6.77. The number of hydrogen-bond donors (Lipinski definition) is 1. The minimum absolute atomic E-state index is 0.134. The number of benzene rings is 1. The zero-order valence-corrected chi connectivity index (χ0v) is 9.64. The largest absolute Gasteiger partial charge is 0.538 e. The topological polar surface area (TPSA) is 12.0 Å². The molecule has 0 atom stereocenters. The van der Waals surface area contributed by atoms with Crippen molar-refractivity contribution in [1.82, 2.24) is 4.98 Å². The van der Waals surface area contributed by atoms with E-state index >= 15 is 0 Å². The van der Waals surface area contributed by atoms with Crippen LogP contribution in [0.15, 0.2) is 30.3 Å². The van der Waals surface area contributed by atoms with E-state index in [9.17, 15) is 8.22 Å². The lowest BCUT2D eigenvalue weighted by Gasteiger charge is -2.25. The number of halogens is 2. The fraction of sp³-hybridized carbons (Fsp3) is 0.400. The van der Waals surface area contributed by atoms with Crippen LogP contribution in [0.2, 0.25) is 0 Å². The van der Waals surface area contributed by atoms with E-state index in [1.54, 1.807) is 39.0 Å². The zero-order valence-electron chi connectivity index (χ0n) is 8.64.